The van der Waals surface area contributed by atoms with Gasteiger partial charge in [0.15, 0.2) is 0 Å². The molecule has 0 aliphatic carbocycles. The number of hydrogen-bond donors (Lipinski definition) is 1. The molecule has 2 N–H and O–H groups in total. The number of anilines is 1. The van der Waals surface area contributed by atoms with Gasteiger partial charge in [-0.15, -0.1) is 0 Å². The zero-order valence-corrected chi connectivity index (χ0v) is 12.4. The smallest absolute Gasteiger partial charge is 0.143 e. The molecule has 108 valence electrons. The molecule has 21 heavy (non-hydrogen) atoms. The minimum atomic E-state index is -0.256. The monoisotopic (exact) mass is 283 g/mol. The number of nitrogens with zero attached hydrogens (tertiary/aromatic N) is 2. The molecule has 3 nitrogen and oxygen atoms in total. The summed E-state index contributed by atoms with van der Waals surface area (Å²) >= 11 is 0. The van der Waals surface area contributed by atoms with Gasteiger partial charge in [-0.05, 0) is 50.6 Å². The Morgan fingerprint density at radius 1 is 1.19 bits per heavy atom. The van der Waals surface area contributed by atoms with Crippen LogP contribution in [0.5, 0.6) is 0 Å². The second kappa shape index (κ2) is 4.88. The first-order chi connectivity index (χ1) is 9.99. The molecule has 1 aromatic heterocycles. The van der Waals surface area contributed by atoms with E-state index in [4.69, 9.17) is 5.73 Å². The third-order valence-electron chi connectivity index (χ3n) is 3.70. The van der Waals surface area contributed by atoms with E-state index in [1.54, 1.807) is 6.07 Å². The molecule has 0 saturated carbocycles. The summed E-state index contributed by atoms with van der Waals surface area (Å²) in [6.45, 7) is 6.13. The maximum atomic E-state index is 13.6. The summed E-state index contributed by atoms with van der Waals surface area (Å²) in [5.74, 6) is 0.537. The molecule has 0 bridgehead atoms. The number of imidazole rings is 1. The molecule has 0 unspecified atom stereocenters. The highest BCUT2D eigenvalue weighted by molar-refractivity contribution is 5.85. The van der Waals surface area contributed by atoms with Crippen LogP contribution < -0.4 is 5.73 Å². The molecule has 0 aliphatic rings. The van der Waals surface area contributed by atoms with Crippen LogP contribution in [0.25, 0.3) is 22.4 Å². The van der Waals surface area contributed by atoms with Crippen molar-refractivity contribution in [3.8, 4) is 11.4 Å². The zero-order valence-electron chi connectivity index (χ0n) is 12.4. The number of fused-ring (bicyclic) bond motifs is 1. The van der Waals surface area contributed by atoms with Gasteiger partial charge in [0.2, 0.25) is 0 Å². The van der Waals surface area contributed by atoms with E-state index < -0.39 is 0 Å². The molecule has 0 spiro atoms. The normalized spacial score (nSPS) is 11.5. The number of aromatic nitrogens is 2. The Labute approximate surface area is 123 Å². The lowest BCUT2D eigenvalue weighted by Crippen LogP contribution is -2.05. The van der Waals surface area contributed by atoms with Gasteiger partial charge in [-0.1, -0.05) is 12.1 Å². The average Bonchev–Trinajstić information content (AvgIpc) is 2.76. The molecule has 0 amide bonds. The van der Waals surface area contributed by atoms with Crippen LogP contribution >= 0.6 is 0 Å². The highest BCUT2D eigenvalue weighted by Gasteiger charge is 2.18. The Morgan fingerprint density at radius 3 is 2.62 bits per heavy atom. The third-order valence-corrected chi connectivity index (χ3v) is 3.70. The van der Waals surface area contributed by atoms with Crippen molar-refractivity contribution in [2.75, 3.05) is 5.73 Å². The van der Waals surface area contributed by atoms with Crippen LogP contribution in [0.2, 0.25) is 0 Å². The van der Waals surface area contributed by atoms with Crippen molar-refractivity contribution in [1.82, 2.24) is 9.55 Å². The van der Waals surface area contributed by atoms with Gasteiger partial charge in [0.1, 0.15) is 11.6 Å². The first-order valence-corrected chi connectivity index (χ1v) is 7.02. The van der Waals surface area contributed by atoms with Gasteiger partial charge < -0.3 is 10.3 Å². The first kappa shape index (κ1) is 13.6. The fourth-order valence-electron chi connectivity index (χ4n) is 2.76. The lowest BCUT2D eigenvalue weighted by atomic mass is 10.1. The molecule has 4 heteroatoms. The van der Waals surface area contributed by atoms with Crippen molar-refractivity contribution in [3.63, 3.8) is 0 Å². The number of halogens is 1. The van der Waals surface area contributed by atoms with Crippen molar-refractivity contribution >= 4 is 16.7 Å². The van der Waals surface area contributed by atoms with Gasteiger partial charge in [-0.2, -0.15) is 0 Å². The van der Waals surface area contributed by atoms with Crippen LogP contribution in [-0.4, -0.2) is 9.55 Å². The SMILES string of the molecule is Cc1cccc(N)c1-c1nc2ccc(F)cc2n1C(C)C. The fourth-order valence-corrected chi connectivity index (χ4v) is 2.76. The van der Waals surface area contributed by atoms with Crippen LogP contribution in [0.4, 0.5) is 10.1 Å². The minimum absolute atomic E-state index is 0.158. The van der Waals surface area contributed by atoms with Crippen LogP contribution in [-0.2, 0) is 0 Å². The van der Waals surface area contributed by atoms with E-state index >= 15 is 0 Å². The van der Waals surface area contributed by atoms with E-state index in [-0.39, 0.29) is 11.9 Å². The number of nitrogens with two attached hydrogens (primary N) is 1. The van der Waals surface area contributed by atoms with Crippen molar-refractivity contribution in [2.24, 2.45) is 0 Å². The van der Waals surface area contributed by atoms with Crippen LogP contribution in [0.15, 0.2) is 36.4 Å². The lowest BCUT2D eigenvalue weighted by molar-refractivity contribution is 0.613. The summed E-state index contributed by atoms with van der Waals surface area (Å²) < 4.78 is 15.6. The van der Waals surface area contributed by atoms with E-state index in [0.717, 1.165) is 28.0 Å². The van der Waals surface area contributed by atoms with Crippen molar-refractivity contribution in [3.05, 3.63) is 47.8 Å². The van der Waals surface area contributed by atoms with Crippen LogP contribution in [0, 0.1) is 12.7 Å². The van der Waals surface area contributed by atoms with Gasteiger partial charge in [0.25, 0.3) is 0 Å². The van der Waals surface area contributed by atoms with Crippen LogP contribution in [0.1, 0.15) is 25.5 Å². The standard InChI is InChI=1S/C17H18FN3/c1-10(2)21-15-9-12(18)7-8-14(15)20-17(21)16-11(3)5-4-6-13(16)19/h4-10H,19H2,1-3H3. The Morgan fingerprint density at radius 2 is 1.95 bits per heavy atom. The summed E-state index contributed by atoms with van der Waals surface area (Å²) in [5.41, 5.74) is 10.4. The molecule has 2 aromatic carbocycles. The van der Waals surface area contributed by atoms with Crippen molar-refractivity contribution in [2.45, 2.75) is 26.8 Å². The second-order valence-corrected chi connectivity index (χ2v) is 5.57. The van der Waals surface area contributed by atoms with E-state index in [1.165, 1.54) is 12.1 Å². The molecule has 3 rings (SSSR count). The lowest BCUT2D eigenvalue weighted by Gasteiger charge is -2.15. The maximum absolute atomic E-state index is 13.6. The third kappa shape index (κ3) is 2.17. The molecule has 3 aromatic rings. The number of hydrogen-bond acceptors (Lipinski definition) is 2. The topological polar surface area (TPSA) is 43.8 Å². The Hall–Kier alpha value is -2.36. The molecule has 0 aliphatic heterocycles. The Bertz CT molecular complexity index is 798. The summed E-state index contributed by atoms with van der Waals surface area (Å²) in [6.07, 6.45) is 0. The van der Waals surface area contributed by atoms with Gasteiger partial charge in [-0.3, -0.25) is 0 Å². The summed E-state index contributed by atoms with van der Waals surface area (Å²) in [7, 11) is 0. The summed E-state index contributed by atoms with van der Waals surface area (Å²) in [4.78, 5) is 4.68. The predicted molar refractivity (Wildman–Crippen MR) is 84.7 cm³/mol. The van der Waals surface area contributed by atoms with Gasteiger partial charge >= 0.3 is 0 Å². The highest BCUT2D eigenvalue weighted by atomic mass is 19.1. The summed E-state index contributed by atoms with van der Waals surface area (Å²) in [5, 5.41) is 0. The maximum Gasteiger partial charge on any atom is 0.143 e. The number of rotatable bonds is 2. The van der Waals surface area contributed by atoms with E-state index in [1.807, 2.05) is 29.7 Å². The van der Waals surface area contributed by atoms with Gasteiger partial charge in [-0.25, -0.2) is 9.37 Å². The average molecular weight is 283 g/mol. The highest BCUT2D eigenvalue weighted by Crippen LogP contribution is 2.33. The molecular formula is C17H18FN3. The molecule has 0 atom stereocenters. The number of nitrogen functional groups attached to an aromatic ring is 1. The van der Waals surface area contributed by atoms with E-state index in [2.05, 4.69) is 18.8 Å². The van der Waals surface area contributed by atoms with Gasteiger partial charge in [0.05, 0.1) is 11.0 Å². The fraction of sp³-hybridized carbons (Fsp3) is 0.235. The van der Waals surface area contributed by atoms with E-state index in [0.29, 0.717) is 5.69 Å². The molecule has 0 fully saturated rings. The molecule has 1 heterocycles. The molecule has 0 radical (unpaired) electrons. The van der Waals surface area contributed by atoms with Crippen molar-refractivity contribution in [1.29, 1.82) is 0 Å². The Balaban J connectivity index is 2.40. The second-order valence-electron chi connectivity index (χ2n) is 5.57. The largest absolute Gasteiger partial charge is 0.398 e. The zero-order chi connectivity index (χ0) is 15.1. The van der Waals surface area contributed by atoms with Crippen molar-refractivity contribution < 1.29 is 4.39 Å². The first-order valence-electron chi connectivity index (χ1n) is 7.02. The molecule has 0 saturated heterocycles. The quantitative estimate of drug-likeness (QED) is 0.712. The predicted octanol–water partition coefficient (Wildman–Crippen LogP) is 4.31. The summed E-state index contributed by atoms with van der Waals surface area (Å²) in [6, 6.07) is 10.6. The van der Waals surface area contributed by atoms with Gasteiger partial charge in [0, 0.05) is 17.3 Å². The number of benzene rings is 2. The Kier molecular flexibility index (Phi) is 3.16. The van der Waals surface area contributed by atoms with Crippen LogP contribution in [0.3, 0.4) is 0 Å². The molecular weight excluding hydrogens is 265 g/mol. The number of aryl methyl sites for hydroxylation is 1. The minimum Gasteiger partial charge on any atom is -0.398 e. The van der Waals surface area contributed by atoms with E-state index in [9.17, 15) is 4.39 Å².